The number of benzene rings is 2. The van der Waals surface area contributed by atoms with Crippen molar-refractivity contribution >= 4 is 16.5 Å². The van der Waals surface area contributed by atoms with Gasteiger partial charge < -0.3 is 10.6 Å². The van der Waals surface area contributed by atoms with Crippen LogP contribution in [0.15, 0.2) is 36.4 Å². The lowest BCUT2D eigenvalue weighted by molar-refractivity contribution is 0.314. The van der Waals surface area contributed by atoms with Gasteiger partial charge in [0.1, 0.15) is 0 Å². The van der Waals surface area contributed by atoms with Crippen molar-refractivity contribution in [3.05, 3.63) is 42.0 Å². The Balaban J connectivity index is 1.83. The van der Waals surface area contributed by atoms with Crippen LogP contribution in [0.3, 0.4) is 0 Å². The van der Waals surface area contributed by atoms with Crippen LogP contribution in [0.5, 0.6) is 0 Å². The van der Waals surface area contributed by atoms with Crippen molar-refractivity contribution in [2.75, 3.05) is 19.3 Å². The molecule has 0 bridgehead atoms. The molecule has 18 heavy (non-hydrogen) atoms. The maximum absolute atomic E-state index is 6.15. The molecule has 0 saturated heterocycles. The monoisotopic (exact) mass is 240 g/mol. The van der Waals surface area contributed by atoms with Gasteiger partial charge in [0.15, 0.2) is 0 Å². The first-order valence-electron chi connectivity index (χ1n) is 6.68. The maximum Gasteiger partial charge on any atom is 0.0366 e. The summed E-state index contributed by atoms with van der Waals surface area (Å²) in [6.07, 6.45) is 2.80. The Morgan fingerprint density at radius 2 is 1.83 bits per heavy atom. The number of hydrogen-bond donors (Lipinski definition) is 1. The molecule has 2 aromatic carbocycles. The summed E-state index contributed by atoms with van der Waals surface area (Å²) < 4.78 is 0. The van der Waals surface area contributed by atoms with E-state index in [1.54, 1.807) is 0 Å². The Morgan fingerprint density at radius 1 is 1.17 bits per heavy atom. The highest BCUT2D eigenvalue weighted by atomic mass is 15.1. The van der Waals surface area contributed by atoms with Crippen molar-refractivity contribution in [2.45, 2.75) is 19.4 Å². The molecule has 0 amide bonds. The molecule has 3 rings (SSSR count). The van der Waals surface area contributed by atoms with Crippen LogP contribution in [0.1, 0.15) is 18.4 Å². The summed E-state index contributed by atoms with van der Waals surface area (Å²) in [5, 5.41) is 2.50. The summed E-state index contributed by atoms with van der Waals surface area (Å²) in [6.45, 7) is 2.15. The van der Waals surface area contributed by atoms with Gasteiger partial charge in [-0.25, -0.2) is 0 Å². The van der Waals surface area contributed by atoms with Crippen molar-refractivity contribution in [2.24, 2.45) is 5.92 Å². The number of anilines is 1. The van der Waals surface area contributed by atoms with Crippen molar-refractivity contribution in [1.82, 2.24) is 4.90 Å². The van der Waals surface area contributed by atoms with Crippen LogP contribution in [0.2, 0.25) is 0 Å². The Kier molecular flexibility index (Phi) is 2.96. The third-order valence-electron chi connectivity index (χ3n) is 3.71. The van der Waals surface area contributed by atoms with E-state index in [0.717, 1.165) is 18.2 Å². The van der Waals surface area contributed by atoms with E-state index in [1.807, 2.05) is 0 Å². The first kappa shape index (κ1) is 11.5. The van der Waals surface area contributed by atoms with E-state index in [0.29, 0.717) is 0 Å². The quantitative estimate of drug-likeness (QED) is 0.831. The van der Waals surface area contributed by atoms with E-state index < -0.39 is 0 Å². The minimum Gasteiger partial charge on any atom is -0.398 e. The average Bonchev–Trinajstić information content (AvgIpc) is 3.14. The largest absolute Gasteiger partial charge is 0.398 e. The zero-order valence-corrected chi connectivity index (χ0v) is 10.9. The standard InChI is InChI=1S/C16H20N2/c1-18(10-12-6-7-12)11-15-8-13-4-2-3-5-14(13)9-16(15)17/h2-5,8-9,12H,6-7,10-11,17H2,1H3. The van der Waals surface area contributed by atoms with E-state index in [9.17, 15) is 0 Å². The second kappa shape index (κ2) is 4.62. The summed E-state index contributed by atoms with van der Waals surface area (Å²) in [5.74, 6) is 0.927. The van der Waals surface area contributed by atoms with Gasteiger partial charge in [-0.15, -0.1) is 0 Å². The topological polar surface area (TPSA) is 29.3 Å². The van der Waals surface area contributed by atoms with Crippen LogP contribution in [-0.4, -0.2) is 18.5 Å². The fourth-order valence-electron chi connectivity index (χ4n) is 2.54. The van der Waals surface area contributed by atoms with Crippen LogP contribution in [-0.2, 0) is 6.54 Å². The number of hydrogen-bond acceptors (Lipinski definition) is 2. The first-order valence-corrected chi connectivity index (χ1v) is 6.68. The molecule has 2 aromatic rings. The van der Waals surface area contributed by atoms with Crippen molar-refractivity contribution < 1.29 is 0 Å². The summed E-state index contributed by atoms with van der Waals surface area (Å²) >= 11 is 0. The molecular formula is C16H20N2. The number of rotatable bonds is 4. The number of nitrogens with zero attached hydrogens (tertiary/aromatic N) is 1. The highest BCUT2D eigenvalue weighted by Gasteiger charge is 2.22. The summed E-state index contributed by atoms with van der Waals surface area (Å²) in [7, 11) is 2.19. The molecule has 2 nitrogen and oxygen atoms in total. The smallest absolute Gasteiger partial charge is 0.0366 e. The lowest BCUT2D eigenvalue weighted by Gasteiger charge is -2.18. The zero-order valence-electron chi connectivity index (χ0n) is 10.9. The fourth-order valence-corrected chi connectivity index (χ4v) is 2.54. The maximum atomic E-state index is 6.15. The van der Waals surface area contributed by atoms with Crippen LogP contribution in [0, 0.1) is 5.92 Å². The van der Waals surface area contributed by atoms with Gasteiger partial charge in [0, 0.05) is 18.8 Å². The van der Waals surface area contributed by atoms with Gasteiger partial charge in [-0.1, -0.05) is 24.3 Å². The van der Waals surface area contributed by atoms with Crippen molar-refractivity contribution in [1.29, 1.82) is 0 Å². The van der Waals surface area contributed by atoms with E-state index in [-0.39, 0.29) is 0 Å². The van der Waals surface area contributed by atoms with Gasteiger partial charge in [0.2, 0.25) is 0 Å². The Hall–Kier alpha value is -1.54. The molecule has 1 aliphatic carbocycles. The molecular weight excluding hydrogens is 220 g/mol. The normalized spacial score (nSPS) is 15.4. The minimum absolute atomic E-state index is 0.913. The number of fused-ring (bicyclic) bond motifs is 1. The molecule has 0 aromatic heterocycles. The Morgan fingerprint density at radius 3 is 2.50 bits per heavy atom. The molecule has 94 valence electrons. The van der Waals surface area contributed by atoms with Crippen molar-refractivity contribution in [3.63, 3.8) is 0 Å². The lowest BCUT2D eigenvalue weighted by Crippen LogP contribution is -2.21. The Bertz CT molecular complexity index is 558. The Labute approximate surface area is 108 Å². The van der Waals surface area contributed by atoms with E-state index in [2.05, 4.69) is 48.3 Å². The number of nitrogen functional groups attached to an aromatic ring is 1. The number of nitrogens with two attached hydrogens (primary N) is 1. The van der Waals surface area contributed by atoms with Crippen LogP contribution < -0.4 is 5.73 Å². The highest BCUT2D eigenvalue weighted by molar-refractivity contribution is 5.86. The van der Waals surface area contributed by atoms with E-state index in [1.165, 1.54) is 35.7 Å². The van der Waals surface area contributed by atoms with Gasteiger partial charge >= 0.3 is 0 Å². The average molecular weight is 240 g/mol. The van der Waals surface area contributed by atoms with Gasteiger partial charge in [-0.2, -0.15) is 0 Å². The molecule has 2 heteroatoms. The fraction of sp³-hybridized carbons (Fsp3) is 0.375. The summed E-state index contributed by atoms with van der Waals surface area (Å²) in [6, 6.07) is 12.7. The molecule has 1 saturated carbocycles. The third-order valence-corrected chi connectivity index (χ3v) is 3.71. The molecule has 0 heterocycles. The van der Waals surface area contributed by atoms with Gasteiger partial charge in [0.25, 0.3) is 0 Å². The van der Waals surface area contributed by atoms with Crippen LogP contribution in [0.4, 0.5) is 5.69 Å². The molecule has 0 unspecified atom stereocenters. The minimum atomic E-state index is 0.913. The van der Waals surface area contributed by atoms with Gasteiger partial charge in [0.05, 0.1) is 0 Å². The lowest BCUT2D eigenvalue weighted by atomic mass is 10.0. The van der Waals surface area contributed by atoms with E-state index in [4.69, 9.17) is 5.73 Å². The summed E-state index contributed by atoms with van der Waals surface area (Å²) in [5.41, 5.74) is 8.32. The molecule has 0 spiro atoms. The molecule has 0 radical (unpaired) electrons. The van der Waals surface area contributed by atoms with Crippen LogP contribution in [0.25, 0.3) is 10.8 Å². The highest BCUT2D eigenvalue weighted by Crippen LogP contribution is 2.30. The first-order chi connectivity index (χ1) is 8.72. The SMILES string of the molecule is CN(Cc1cc2ccccc2cc1N)CC1CC1. The van der Waals surface area contributed by atoms with Gasteiger partial charge in [-0.3, -0.25) is 0 Å². The zero-order chi connectivity index (χ0) is 12.5. The third kappa shape index (κ3) is 2.49. The molecule has 0 atom stereocenters. The molecule has 0 aliphatic heterocycles. The second-order valence-electron chi connectivity index (χ2n) is 5.54. The molecule has 1 aliphatic rings. The predicted molar refractivity (Wildman–Crippen MR) is 77.4 cm³/mol. The van der Waals surface area contributed by atoms with Crippen molar-refractivity contribution in [3.8, 4) is 0 Å². The second-order valence-corrected chi connectivity index (χ2v) is 5.54. The van der Waals surface area contributed by atoms with Crippen LogP contribution >= 0.6 is 0 Å². The predicted octanol–water partition coefficient (Wildman–Crippen LogP) is 3.26. The van der Waals surface area contributed by atoms with E-state index >= 15 is 0 Å². The molecule has 2 N–H and O–H groups in total. The summed E-state index contributed by atoms with van der Waals surface area (Å²) in [4.78, 5) is 2.39. The molecule has 1 fully saturated rings. The van der Waals surface area contributed by atoms with Gasteiger partial charge in [-0.05, 0) is 54.3 Å².